The van der Waals surface area contributed by atoms with E-state index in [1.807, 2.05) is 0 Å². The van der Waals surface area contributed by atoms with Crippen LogP contribution in [0.1, 0.15) is 32.3 Å². The number of benzene rings is 1. The highest BCUT2D eigenvalue weighted by Gasteiger charge is 2.37. The van der Waals surface area contributed by atoms with Gasteiger partial charge >= 0.3 is 0 Å². The van der Waals surface area contributed by atoms with Crippen LogP contribution in [-0.2, 0) is 11.2 Å². The summed E-state index contributed by atoms with van der Waals surface area (Å²) in [5.41, 5.74) is 1.44. The first-order chi connectivity index (χ1) is 7.73. The van der Waals surface area contributed by atoms with Crippen LogP contribution in [0.3, 0.4) is 0 Å². The Morgan fingerprint density at radius 1 is 1.18 bits per heavy atom. The summed E-state index contributed by atoms with van der Waals surface area (Å²) in [6.07, 6.45) is 4.99. The lowest BCUT2D eigenvalue weighted by Gasteiger charge is -2.40. The van der Waals surface area contributed by atoms with Gasteiger partial charge in [0, 0.05) is 6.61 Å². The van der Waals surface area contributed by atoms with Gasteiger partial charge in [-0.1, -0.05) is 50.9 Å². The maximum absolute atomic E-state index is 6.19. The summed E-state index contributed by atoms with van der Waals surface area (Å²) in [6.45, 7) is 5.82. The van der Waals surface area contributed by atoms with E-state index in [9.17, 15) is 0 Å². The summed E-state index contributed by atoms with van der Waals surface area (Å²) in [6, 6.07) is 10.8. The third-order valence-corrected chi connectivity index (χ3v) is 6.55. The van der Waals surface area contributed by atoms with Crippen LogP contribution in [0.5, 0.6) is 0 Å². The van der Waals surface area contributed by atoms with Crippen molar-refractivity contribution in [1.29, 1.82) is 0 Å². The topological polar surface area (TPSA) is 9.23 Å². The van der Waals surface area contributed by atoms with E-state index in [4.69, 9.17) is 4.74 Å². The summed E-state index contributed by atoms with van der Waals surface area (Å²) in [7, 11) is -0.780. The molecule has 1 aliphatic heterocycles. The second kappa shape index (κ2) is 6.36. The molecule has 1 aliphatic rings. The Morgan fingerprint density at radius 3 is 2.41 bits per heavy atom. The summed E-state index contributed by atoms with van der Waals surface area (Å²) >= 11 is 0. The molecule has 0 saturated carbocycles. The molecule has 1 atom stereocenters. The molecule has 1 aromatic rings. The fraction of sp³-hybridized carbons (Fsp3) is 0.600. The predicted molar refractivity (Wildman–Crippen MR) is 78.3 cm³/mol. The van der Waals surface area contributed by atoms with Crippen LogP contribution in [-0.4, -0.2) is 20.6 Å². The van der Waals surface area contributed by atoms with Gasteiger partial charge in [-0.05, 0) is 31.2 Å². The molecule has 0 N–H and O–H groups in total. The second-order valence-corrected chi connectivity index (χ2v) is 8.55. The maximum Gasteiger partial charge on any atom is 0.0699 e. The molecule has 17 heavy (non-hydrogen) atoms. The monoisotopic (exact) mass is 250 g/mol. The molecule has 1 saturated heterocycles. The standard InChI is InChI=1S/C14H22OSi.CH4/c1-16(2)14(10-6-7-11-15-14)12-13-8-4-3-5-9-13;/h3-5,8-9,16H,6-7,10-12H2,1-2H3;1H4. The SMILES string of the molecule is C.C[SiH](C)C1(Cc2ccccc2)CCCCO1. The summed E-state index contributed by atoms with van der Waals surface area (Å²) in [5, 5.41) is 0.222. The average molecular weight is 250 g/mol. The van der Waals surface area contributed by atoms with E-state index in [2.05, 4.69) is 43.4 Å². The predicted octanol–water partition coefficient (Wildman–Crippen LogP) is 3.83. The Bertz CT molecular complexity index is 315. The van der Waals surface area contributed by atoms with Gasteiger partial charge in [0.25, 0.3) is 0 Å². The van der Waals surface area contributed by atoms with Crippen molar-refractivity contribution < 1.29 is 4.74 Å². The van der Waals surface area contributed by atoms with Gasteiger partial charge in [-0.25, -0.2) is 0 Å². The van der Waals surface area contributed by atoms with E-state index in [-0.39, 0.29) is 12.7 Å². The zero-order valence-electron chi connectivity index (χ0n) is 10.4. The third-order valence-electron chi connectivity index (χ3n) is 3.78. The van der Waals surface area contributed by atoms with Crippen LogP contribution in [0.4, 0.5) is 0 Å². The Balaban J connectivity index is 0.00000144. The van der Waals surface area contributed by atoms with Crippen LogP contribution < -0.4 is 0 Å². The van der Waals surface area contributed by atoms with Crippen molar-refractivity contribution in [2.24, 2.45) is 0 Å². The van der Waals surface area contributed by atoms with E-state index in [0.29, 0.717) is 0 Å². The van der Waals surface area contributed by atoms with Crippen molar-refractivity contribution in [2.75, 3.05) is 6.61 Å². The smallest absolute Gasteiger partial charge is 0.0699 e. The van der Waals surface area contributed by atoms with Gasteiger partial charge in [0.15, 0.2) is 0 Å². The number of hydrogen-bond donors (Lipinski definition) is 0. The Labute approximate surface area is 108 Å². The second-order valence-electron chi connectivity index (χ2n) is 5.19. The van der Waals surface area contributed by atoms with Gasteiger partial charge < -0.3 is 4.74 Å². The normalized spacial score (nSPS) is 24.4. The van der Waals surface area contributed by atoms with Crippen molar-refractivity contribution in [3.05, 3.63) is 35.9 Å². The molecule has 0 aromatic heterocycles. The minimum absolute atomic E-state index is 0. The molecule has 1 unspecified atom stereocenters. The van der Waals surface area contributed by atoms with Crippen LogP contribution >= 0.6 is 0 Å². The molecule has 0 radical (unpaired) electrons. The van der Waals surface area contributed by atoms with E-state index in [0.717, 1.165) is 13.0 Å². The molecule has 0 spiro atoms. The van der Waals surface area contributed by atoms with Gasteiger partial charge in [-0.15, -0.1) is 0 Å². The van der Waals surface area contributed by atoms with E-state index in [1.54, 1.807) is 0 Å². The first-order valence-electron chi connectivity index (χ1n) is 6.41. The highest BCUT2D eigenvalue weighted by atomic mass is 28.3. The largest absolute Gasteiger partial charge is 0.379 e. The van der Waals surface area contributed by atoms with Crippen molar-refractivity contribution in [1.82, 2.24) is 0 Å². The Hall–Kier alpha value is -0.603. The molecule has 1 nitrogen and oxygen atoms in total. The van der Waals surface area contributed by atoms with Gasteiger partial charge in [0.05, 0.1) is 14.0 Å². The average Bonchev–Trinajstić information content (AvgIpc) is 2.31. The van der Waals surface area contributed by atoms with Gasteiger partial charge in [0.1, 0.15) is 0 Å². The van der Waals surface area contributed by atoms with E-state index >= 15 is 0 Å². The Morgan fingerprint density at radius 2 is 1.88 bits per heavy atom. The van der Waals surface area contributed by atoms with Gasteiger partial charge in [-0.3, -0.25) is 0 Å². The molecule has 1 aromatic carbocycles. The fourth-order valence-electron chi connectivity index (χ4n) is 2.61. The Kier molecular flexibility index (Phi) is 5.41. The van der Waals surface area contributed by atoms with E-state index < -0.39 is 8.80 Å². The summed E-state index contributed by atoms with van der Waals surface area (Å²) in [5.74, 6) is 0. The minimum Gasteiger partial charge on any atom is -0.379 e. The van der Waals surface area contributed by atoms with Gasteiger partial charge in [0.2, 0.25) is 0 Å². The molecule has 1 heterocycles. The molecule has 0 amide bonds. The molecule has 2 rings (SSSR count). The van der Waals surface area contributed by atoms with Crippen LogP contribution in [0.25, 0.3) is 0 Å². The first-order valence-corrected chi connectivity index (χ1v) is 9.29. The van der Waals surface area contributed by atoms with Crippen LogP contribution in [0, 0.1) is 0 Å². The van der Waals surface area contributed by atoms with E-state index in [1.165, 1.54) is 24.8 Å². The molecular weight excluding hydrogens is 224 g/mol. The maximum atomic E-state index is 6.19. The molecule has 0 bridgehead atoms. The number of rotatable bonds is 3. The van der Waals surface area contributed by atoms with Crippen molar-refractivity contribution in [3.63, 3.8) is 0 Å². The third kappa shape index (κ3) is 3.43. The van der Waals surface area contributed by atoms with Crippen molar-refractivity contribution in [3.8, 4) is 0 Å². The molecular formula is C15H26OSi. The fourth-order valence-corrected chi connectivity index (χ4v) is 4.49. The molecule has 1 fully saturated rings. The zero-order chi connectivity index (χ0) is 11.4. The highest BCUT2D eigenvalue weighted by Crippen LogP contribution is 2.31. The lowest BCUT2D eigenvalue weighted by Crippen LogP contribution is -2.49. The van der Waals surface area contributed by atoms with Gasteiger partial charge in [-0.2, -0.15) is 0 Å². The molecule has 2 heteroatoms. The summed E-state index contributed by atoms with van der Waals surface area (Å²) < 4.78 is 6.19. The molecule has 0 aliphatic carbocycles. The quantitative estimate of drug-likeness (QED) is 0.741. The lowest BCUT2D eigenvalue weighted by molar-refractivity contribution is -0.0220. The molecule has 96 valence electrons. The lowest BCUT2D eigenvalue weighted by atomic mass is 10.0. The minimum atomic E-state index is -0.780. The number of hydrogen-bond acceptors (Lipinski definition) is 1. The summed E-state index contributed by atoms with van der Waals surface area (Å²) in [4.78, 5) is 0. The highest BCUT2D eigenvalue weighted by molar-refractivity contribution is 6.59. The van der Waals surface area contributed by atoms with Crippen LogP contribution in [0.2, 0.25) is 13.1 Å². The van der Waals surface area contributed by atoms with Crippen molar-refractivity contribution in [2.45, 2.75) is 51.4 Å². The zero-order valence-corrected chi connectivity index (χ0v) is 11.6. The first kappa shape index (κ1) is 14.5. The van der Waals surface area contributed by atoms with Crippen LogP contribution in [0.15, 0.2) is 30.3 Å². The van der Waals surface area contributed by atoms with Crippen molar-refractivity contribution >= 4 is 8.80 Å². The number of ether oxygens (including phenoxy) is 1.